The van der Waals surface area contributed by atoms with Gasteiger partial charge in [-0.25, -0.2) is 0 Å². The number of hydrogen-bond donors (Lipinski definition) is 0. The van der Waals surface area contributed by atoms with Gasteiger partial charge in [0.2, 0.25) is 0 Å². The molecule has 2 nitrogen and oxygen atoms in total. The maximum atomic E-state index is 5.34. The van der Waals surface area contributed by atoms with Gasteiger partial charge in [0.1, 0.15) is 5.60 Å². The molecule has 0 radical (unpaired) electrons. The van der Waals surface area contributed by atoms with Crippen molar-refractivity contribution in [2.75, 3.05) is 0 Å². The Kier molecular flexibility index (Phi) is 5.64. The second kappa shape index (κ2) is 6.62. The van der Waals surface area contributed by atoms with E-state index in [1.807, 2.05) is 32.9 Å². The zero-order valence-corrected chi connectivity index (χ0v) is 14.1. The predicted molar refractivity (Wildman–Crippen MR) is 85.0 cm³/mol. The topological polar surface area (TPSA) is 18.5 Å². The lowest BCUT2D eigenvalue weighted by Gasteiger charge is -2.26. The lowest BCUT2D eigenvalue weighted by Crippen LogP contribution is -2.21. The summed E-state index contributed by atoms with van der Waals surface area (Å²) in [6.07, 6.45) is 2.45. The van der Waals surface area contributed by atoms with Crippen molar-refractivity contribution in [3.05, 3.63) is 29.8 Å². The van der Waals surface area contributed by atoms with Crippen LogP contribution in [0.4, 0.5) is 0 Å². The van der Waals surface area contributed by atoms with E-state index in [-0.39, 0.29) is 11.0 Å². The monoisotopic (exact) mass is 278 g/mol. The molecule has 0 N–H and O–H groups in total. The highest BCUT2D eigenvalue weighted by Gasteiger charge is 2.21. The molecule has 0 bridgehead atoms. The normalized spacial score (nSPS) is 12.8. The van der Waals surface area contributed by atoms with E-state index in [1.165, 1.54) is 18.4 Å². The Bertz CT molecular complexity index is 396. The highest BCUT2D eigenvalue weighted by Crippen LogP contribution is 2.31. The smallest absolute Gasteiger partial charge is 0.165 e. The van der Waals surface area contributed by atoms with E-state index in [2.05, 4.69) is 39.8 Å². The van der Waals surface area contributed by atoms with Gasteiger partial charge < -0.3 is 4.89 Å². The van der Waals surface area contributed by atoms with Gasteiger partial charge in [-0.15, -0.1) is 0 Å². The second-order valence-electron chi connectivity index (χ2n) is 7.62. The van der Waals surface area contributed by atoms with Gasteiger partial charge in [-0.05, 0) is 56.2 Å². The third-order valence-corrected chi connectivity index (χ3v) is 3.37. The van der Waals surface area contributed by atoms with Crippen LogP contribution in [0.25, 0.3) is 0 Å². The molecule has 0 amide bonds. The van der Waals surface area contributed by atoms with Crippen molar-refractivity contribution >= 4 is 0 Å². The minimum atomic E-state index is -0.296. The molecule has 114 valence electrons. The van der Waals surface area contributed by atoms with Gasteiger partial charge >= 0.3 is 0 Å². The van der Waals surface area contributed by atoms with Crippen LogP contribution in [0.5, 0.6) is 5.75 Å². The summed E-state index contributed by atoms with van der Waals surface area (Å²) in [5, 5.41) is 0. The van der Waals surface area contributed by atoms with Gasteiger partial charge in [0.15, 0.2) is 5.75 Å². The van der Waals surface area contributed by atoms with E-state index in [4.69, 9.17) is 9.78 Å². The van der Waals surface area contributed by atoms with Gasteiger partial charge in [-0.2, -0.15) is 4.89 Å². The molecule has 1 aromatic carbocycles. The fourth-order valence-electron chi connectivity index (χ4n) is 1.93. The van der Waals surface area contributed by atoms with Crippen LogP contribution in [0.1, 0.15) is 66.9 Å². The van der Waals surface area contributed by atoms with Crippen molar-refractivity contribution in [3.8, 4) is 5.75 Å². The van der Waals surface area contributed by atoms with Crippen molar-refractivity contribution in [1.29, 1.82) is 0 Å². The first-order valence-corrected chi connectivity index (χ1v) is 7.56. The zero-order valence-electron chi connectivity index (χ0n) is 14.1. The van der Waals surface area contributed by atoms with Gasteiger partial charge in [-0.3, -0.25) is 0 Å². The quantitative estimate of drug-likeness (QED) is 0.504. The van der Waals surface area contributed by atoms with Gasteiger partial charge in [0.25, 0.3) is 0 Å². The molecule has 0 saturated carbocycles. The van der Waals surface area contributed by atoms with Crippen LogP contribution in [-0.2, 0) is 10.3 Å². The van der Waals surface area contributed by atoms with E-state index in [1.54, 1.807) is 0 Å². The van der Waals surface area contributed by atoms with Gasteiger partial charge in [-0.1, -0.05) is 46.2 Å². The van der Waals surface area contributed by atoms with E-state index >= 15 is 0 Å². The van der Waals surface area contributed by atoms with Crippen LogP contribution in [0.3, 0.4) is 0 Å². The van der Waals surface area contributed by atoms with Crippen LogP contribution < -0.4 is 4.89 Å². The standard InChI is InChI=1S/C18H30O2/c1-14(2)12-13-18(6,7)15-8-10-16(11-9-15)19-20-17(3,4)5/h8-11,14H,12-13H2,1-7H3. The SMILES string of the molecule is CC(C)CCC(C)(C)c1ccc(OOC(C)(C)C)cc1. The molecule has 0 aromatic heterocycles. The van der Waals surface area contributed by atoms with E-state index in [9.17, 15) is 0 Å². The summed E-state index contributed by atoms with van der Waals surface area (Å²) < 4.78 is 0. The summed E-state index contributed by atoms with van der Waals surface area (Å²) in [4.78, 5) is 10.7. The first-order valence-electron chi connectivity index (χ1n) is 7.56. The lowest BCUT2D eigenvalue weighted by molar-refractivity contribution is -0.274. The third-order valence-electron chi connectivity index (χ3n) is 3.37. The Hall–Kier alpha value is -1.02. The first-order chi connectivity index (χ1) is 9.10. The Morgan fingerprint density at radius 2 is 1.50 bits per heavy atom. The predicted octanol–water partition coefficient (Wildman–Crippen LogP) is 5.51. The van der Waals surface area contributed by atoms with E-state index in [0.717, 1.165) is 11.7 Å². The molecule has 0 aliphatic heterocycles. The van der Waals surface area contributed by atoms with Crippen molar-refractivity contribution in [2.45, 2.75) is 72.3 Å². The van der Waals surface area contributed by atoms with Crippen LogP contribution in [-0.4, -0.2) is 5.60 Å². The lowest BCUT2D eigenvalue weighted by atomic mass is 9.79. The molecular weight excluding hydrogens is 248 g/mol. The Morgan fingerprint density at radius 3 is 1.95 bits per heavy atom. The van der Waals surface area contributed by atoms with Crippen molar-refractivity contribution in [1.82, 2.24) is 0 Å². The maximum absolute atomic E-state index is 5.34. The average Bonchev–Trinajstić information content (AvgIpc) is 2.34. The molecule has 0 atom stereocenters. The molecule has 0 aliphatic rings. The number of hydrogen-bond acceptors (Lipinski definition) is 2. The number of benzene rings is 1. The maximum Gasteiger partial charge on any atom is 0.165 e. The summed E-state index contributed by atoms with van der Waals surface area (Å²) in [5.41, 5.74) is 1.25. The van der Waals surface area contributed by atoms with Gasteiger partial charge in [0, 0.05) is 0 Å². The minimum Gasteiger partial charge on any atom is -0.337 e. The Balaban J connectivity index is 2.65. The van der Waals surface area contributed by atoms with Crippen molar-refractivity contribution < 1.29 is 9.78 Å². The van der Waals surface area contributed by atoms with Crippen LogP contribution in [0.2, 0.25) is 0 Å². The van der Waals surface area contributed by atoms with Crippen LogP contribution in [0, 0.1) is 5.92 Å². The van der Waals surface area contributed by atoms with E-state index < -0.39 is 0 Å². The molecule has 0 aliphatic carbocycles. The fraction of sp³-hybridized carbons (Fsp3) is 0.667. The molecule has 0 unspecified atom stereocenters. The molecule has 0 spiro atoms. The summed E-state index contributed by atoms with van der Waals surface area (Å²) in [7, 11) is 0. The summed E-state index contributed by atoms with van der Waals surface area (Å²) in [5.74, 6) is 1.50. The Labute approximate surface area is 124 Å². The Morgan fingerprint density at radius 1 is 0.950 bits per heavy atom. The number of rotatable bonds is 6. The molecule has 0 saturated heterocycles. The van der Waals surface area contributed by atoms with E-state index in [0.29, 0.717) is 0 Å². The highest BCUT2D eigenvalue weighted by atomic mass is 17.2. The summed E-state index contributed by atoms with van der Waals surface area (Å²) in [6.45, 7) is 15.1. The summed E-state index contributed by atoms with van der Waals surface area (Å²) in [6, 6.07) is 8.25. The van der Waals surface area contributed by atoms with Crippen LogP contribution >= 0.6 is 0 Å². The highest BCUT2D eigenvalue weighted by molar-refractivity contribution is 5.31. The average molecular weight is 278 g/mol. The third kappa shape index (κ3) is 5.96. The molecule has 20 heavy (non-hydrogen) atoms. The largest absolute Gasteiger partial charge is 0.337 e. The first kappa shape index (κ1) is 17.0. The molecule has 1 rings (SSSR count). The summed E-state index contributed by atoms with van der Waals surface area (Å²) >= 11 is 0. The minimum absolute atomic E-state index is 0.202. The van der Waals surface area contributed by atoms with Gasteiger partial charge in [0.05, 0.1) is 0 Å². The van der Waals surface area contributed by atoms with Crippen molar-refractivity contribution in [2.24, 2.45) is 5.92 Å². The second-order valence-corrected chi connectivity index (χ2v) is 7.62. The molecule has 1 aromatic rings. The molecule has 2 heteroatoms. The fourth-order valence-corrected chi connectivity index (χ4v) is 1.93. The zero-order chi connectivity index (χ0) is 15.4. The molecule has 0 heterocycles. The van der Waals surface area contributed by atoms with Crippen LogP contribution in [0.15, 0.2) is 24.3 Å². The molecular formula is C18H30O2. The molecule has 0 fully saturated rings. The van der Waals surface area contributed by atoms with Crippen molar-refractivity contribution in [3.63, 3.8) is 0 Å².